The maximum Gasteiger partial charge on any atom is 0.252 e. The summed E-state index contributed by atoms with van der Waals surface area (Å²) in [5.74, 6) is 0.699. The molecule has 0 radical (unpaired) electrons. The number of carbonyl (C=O) groups is 2. The number of hydrogen-bond acceptors (Lipinski definition) is 5. The summed E-state index contributed by atoms with van der Waals surface area (Å²) in [5, 5.41) is 14.1. The number of benzene rings is 1. The molecule has 0 saturated heterocycles. The normalized spacial score (nSPS) is 15.3. The summed E-state index contributed by atoms with van der Waals surface area (Å²) in [6, 6.07) is 6.09. The Kier molecular flexibility index (Phi) is 7.93. The van der Waals surface area contributed by atoms with Crippen molar-refractivity contribution in [3.63, 3.8) is 0 Å². The Balaban J connectivity index is 2.11. The predicted octanol–water partition coefficient (Wildman–Crippen LogP) is 2.41. The standard InChI is InChI=1S/C20H27N3O4/c1-26-17-9-8-15(13-18(17)27-2)19(24)23-16(20(25)22-11-10-21)12-14-6-4-3-5-7-14/h8-9,13-14,16H,3-7,11-12H2,1-2H3,(H,22,25)(H,23,24). The van der Waals surface area contributed by atoms with Crippen molar-refractivity contribution in [2.24, 2.45) is 5.92 Å². The highest BCUT2D eigenvalue weighted by Gasteiger charge is 2.26. The molecule has 2 amide bonds. The number of hydrogen-bond donors (Lipinski definition) is 2. The Hall–Kier alpha value is -2.75. The zero-order valence-electron chi connectivity index (χ0n) is 15.9. The first-order valence-corrected chi connectivity index (χ1v) is 9.26. The van der Waals surface area contributed by atoms with Crippen LogP contribution >= 0.6 is 0 Å². The molecule has 0 aliphatic heterocycles. The van der Waals surface area contributed by atoms with E-state index in [1.807, 2.05) is 6.07 Å². The van der Waals surface area contributed by atoms with Crippen LogP contribution in [0.15, 0.2) is 18.2 Å². The molecule has 2 rings (SSSR count). The van der Waals surface area contributed by atoms with E-state index in [9.17, 15) is 9.59 Å². The molecule has 1 aliphatic carbocycles. The van der Waals surface area contributed by atoms with Crippen LogP contribution in [0, 0.1) is 17.2 Å². The molecule has 0 bridgehead atoms. The molecule has 146 valence electrons. The Morgan fingerprint density at radius 2 is 1.89 bits per heavy atom. The van der Waals surface area contributed by atoms with Crippen molar-refractivity contribution in [2.45, 2.75) is 44.6 Å². The van der Waals surface area contributed by atoms with Gasteiger partial charge in [-0.25, -0.2) is 0 Å². The fourth-order valence-electron chi connectivity index (χ4n) is 3.46. The molecule has 1 unspecified atom stereocenters. The van der Waals surface area contributed by atoms with E-state index in [-0.39, 0.29) is 18.4 Å². The van der Waals surface area contributed by atoms with Crippen molar-refractivity contribution in [2.75, 3.05) is 20.8 Å². The average molecular weight is 373 g/mol. The minimum absolute atomic E-state index is 0.0772. The zero-order valence-corrected chi connectivity index (χ0v) is 15.9. The van der Waals surface area contributed by atoms with E-state index in [0.717, 1.165) is 25.7 Å². The van der Waals surface area contributed by atoms with E-state index in [1.165, 1.54) is 20.6 Å². The first kappa shape index (κ1) is 20.6. The Labute approximate surface area is 160 Å². The highest BCUT2D eigenvalue weighted by atomic mass is 16.5. The third-order valence-electron chi connectivity index (χ3n) is 4.90. The first-order valence-electron chi connectivity index (χ1n) is 9.26. The summed E-state index contributed by atoms with van der Waals surface area (Å²) in [6.07, 6.45) is 6.24. The van der Waals surface area contributed by atoms with Crippen LogP contribution in [-0.2, 0) is 4.79 Å². The number of nitrogens with one attached hydrogen (secondary N) is 2. The van der Waals surface area contributed by atoms with Gasteiger partial charge in [-0.1, -0.05) is 32.1 Å². The molecular formula is C20H27N3O4. The van der Waals surface area contributed by atoms with Crippen molar-refractivity contribution in [1.29, 1.82) is 5.26 Å². The molecule has 2 N–H and O–H groups in total. The summed E-state index contributed by atoms with van der Waals surface area (Å²) in [6.45, 7) is -0.0772. The lowest BCUT2D eigenvalue weighted by molar-refractivity contribution is -0.123. The van der Waals surface area contributed by atoms with Gasteiger partial charge in [-0.3, -0.25) is 9.59 Å². The van der Waals surface area contributed by atoms with Gasteiger partial charge in [0.1, 0.15) is 12.6 Å². The quantitative estimate of drug-likeness (QED) is 0.682. The van der Waals surface area contributed by atoms with E-state index in [0.29, 0.717) is 29.4 Å². The molecule has 1 atom stereocenters. The second kappa shape index (κ2) is 10.4. The smallest absolute Gasteiger partial charge is 0.252 e. The molecule has 27 heavy (non-hydrogen) atoms. The second-order valence-electron chi connectivity index (χ2n) is 6.71. The topological polar surface area (TPSA) is 100 Å². The average Bonchev–Trinajstić information content (AvgIpc) is 2.71. The summed E-state index contributed by atoms with van der Waals surface area (Å²) in [5.41, 5.74) is 0.384. The summed E-state index contributed by atoms with van der Waals surface area (Å²) in [4.78, 5) is 25.1. The summed E-state index contributed by atoms with van der Waals surface area (Å²) in [7, 11) is 3.03. The van der Waals surface area contributed by atoms with Crippen LogP contribution in [0.25, 0.3) is 0 Å². The highest BCUT2D eigenvalue weighted by molar-refractivity contribution is 5.98. The van der Waals surface area contributed by atoms with Gasteiger partial charge in [-0.15, -0.1) is 0 Å². The van der Waals surface area contributed by atoms with Gasteiger partial charge >= 0.3 is 0 Å². The van der Waals surface area contributed by atoms with Crippen molar-refractivity contribution in [3.05, 3.63) is 23.8 Å². The fourth-order valence-corrected chi connectivity index (χ4v) is 3.46. The van der Waals surface area contributed by atoms with E-state index in [1.54, 1.807) is 18.2 Å². The molecule has 7 heteroatoms. The summed E-state index contributed by atoms with van der Waals surface area (Å²) >= 11 is 0. The van der Waals surface area contributed by atoms with Gasteiger partial charge in [0.05, 0.1) is 20.3 Å². The van der Waals surface area contributed by atoms with E-state index < -0.39 is 6.04 Å². The van der Waals surface area contributed by atoms with Gasteiger partial charge in [0, 0.05) is 5.56 Å². The number of nitriles is 1. The van der Waals surface area contributed by atoms with Crippen LogP contribution in [0.5, 0.6) is 11.5 Å². The van der Waals surface area contributed by atoms with Gasteiger partial charge in [0.25, 0.3) is 5.91 Å². The van der Waals surface area contributed by atoms with Crippen molar-refractivity contribution in [1.82, 2.24) is 10.6 Å². The lowest BCUT2D eigenvalue weighted by Crippen LogP contribution is -2.48. The van der Waals surface area contributed by atoms with Crippen molar-refractivity contribution in [3.8, 4) is 17.6 Å². The summed E-state index contributed by atoms with van der Waals surface area (Å²) < 4.78 is 10.4. The van der Waals surface area contributed by atoms with E-state index >= 15 is 0 Å². The third-order valence-corrected chi connectivity index (χ3v) is 4.90. The Morgan fingerprint density at radius 3 is 2.52 bits per heavy atom. The predicted molar refractivity (Wildman–Crippen MR) is 101 cm³/mol. The number of nitrogens with zero attached hydrogens (tertiary/aromatic N) is 1. The van der Waals surface area contributed by atoms with Gasteiger partial charge in [0.2, 0.25) is 5.91 Å². The minimum atomic E-state index is -0.665. The molecule has 1 saturated carbocycles. The maximum absolute atomic E-state index is 12.7. The molecule has 1 aromatic rings. The van der Waals surface area contributed by atoms with E-state index in [4.69, 9.17) is 14.7 Å². The van der Waals surface area contributed by atoms with Crippen LogP contribution in [0.1, 0.15) is 48.9 Å². The molecular weight excluding hydrogens is 346 g/mol. The van der Waals surface area contributed by atoms with Crippen LogP contribution in [-0.4, -0.2) is 38.6 Å². The Bertz CT molecular complexity index is 693. The SMILES string of the molecule is COc1ccc(C(=O)NC(CC2CCCCC2)C(=O)NCC#N)cc1OC. The second-order valence-corrected chi connectivity index (χ2v) is 6.71. The number of methoxy groups -OCH3 is 2. The van der Waals surface area contributed by atoms with E-state index in [2.05, 4.69) is 10.6 Å². The van der Waals surface area contributed by atoms with Gasteiger partial charge in [-0.05, 0) is 30.5 Å². The maximum atomic E-state index is 12.7. The zero-order chi connectivity index (χ0) is 19.6. The monoisotopic (exact) mass is 373 g/mol. The number of ether oxygens (including phenoxy) is 2. The van der Waals surface area contributed by atoms with Crippen LogP contribution in [0.3, 0.4) is 0 Å². The molecule has 1 aromatic carbocycles. The lowest BCUT2D eigenvalue weighted by Gasteiger charge is -2.26. The lowest BCUT2D eigenvalue weighted by atomic mass is 9.84. The third kappa shape index (κ3) is 5.88. The van der Waals surface area contributed by atoms with Crippen molar-refractivity contribution >= 4 is 11.8 Å². The van der Waals surface area contributed by atoms with Gasteiger partial charge in [0.15, 0.2) is 11.5 Å². The van der Waals surface area contributed by atoms with Crippen LogP contribution in [0.4, 0.5) is 0 Å². The van der Waals surface area contributed by atoms with Gasteiger partial charge < -0.3 is 20.1 Å². The minimum Gasteiger partial charge on any atom is -0.493 e. The van der Waals surface area contributed by atoms with Crippen LogP contribution in [0.2, 0.25) is 0 Å². The first-order chi connectivity index (χ1) is 13.1. The number of rotatable bonds is 8. The Morgan fingerprint density at radius 1 is 1.19 bits per heavy atom. The molecule has 7 nitrogen and oxygen atoms in total. The fraction of sp³-hybridized carbons (Fsp3) is 0.550. The van der Waals surface area contributed by atoms with Gasteiger partial charge in [-0.2, -0.15) is 5.26 Å². The van der Waals surface area contributed by atoms with Crippen LogP contribution < -0.4 is 20.1 Å². The van der Waals surface area contributed by atoms with Crippen molar-refractivity contribution < 1.29 is 19.1 Å². The molecule has 1 aliphatic rings. The molecule has 1 fully saturated rings. The largest absolute Gasteiger partial charge is 0.493 e. The highest BCUT2D eigenvalue weighted by Crippen LogP contribution is 2.29. The molecule has 0 spiro atoms. The number of carbonyl (C=O) groups excluding carboxylic acids is 2. The number of amides is 2. The molecule has 0 aromatic heterocycles. The molecule has 0 heterocycles.